The Balaban J connectivity index is 1.47. The summed E-state index contributed by atoms with van der Waals surface area (Å²) in [5.74, 6) is -0.818. The summed E-state index contributed by atoms with van der Waals surface area (Å²) in [5.41, 5.74) is 0.241. The van der Waals surface area contributed by atoms with Crippen LogP contribution in [-0.4, -0.2) is 33.9 Å². The predicted molar refractivity (Wildman–Crippen MR) is 114 cm³/mol. The second-order valence-electron chi connectivity index (χ2n) is 8.01. The maximum absolute atomic E-state index is 15.2. The van der Waals surface area contributed by atoms with E-state index >= 15 is 4.39 Å². The molecule has 5 nitrogen and oxygen atoms in total. The van der Waals surface area contributed by atoms with Gasteiger partial charge in [0.05, 0.1) is 16.8 Å². The van der Waals surface area contributed by atoms with Crippen molar-refractivity contribution in [3.63, 3.8) is 0 Å². The van der Waals surface area contributed by atoms with E-state index in [9.17, 15) is 18.0 Å². The molecule has 0 spiro atoms. The summed E-state index contributed by atoms with van der Waals surface area (Å²) < 4.78 is 60.5. The number of alkyl halides is 3. The lowest BCUT2D eigenvalue weighted by molar-refractivity contribution is -0.137. The van der Waals surface area contributed by atoms with Gasteiger partial charge in [-0.25, -0.2) is 9.37 Å². The quantitative estimate of drug-likeness (QED) is 0.299. The molecule has 5 rings (SSSR count). The summed E-state index contributed by atoms with van der Waals surface area (Å²) in [6, 6.07) is 9.55. The summed E-state index contributed by atoms with van der Waals surface area (Å²) in [6.07, 6.45) is -1.85. The molecule has 0 bridgehead atoms. The van der Waals surface area contributed by atoms with Crippen LogP contribution in [0.4, 0.5) is 17.6 Å². The third-order valence-corrected chi connectivity index (χ3v) is 5.96. The molecule has 1 aliphatic rings. The molecule has 170 valence electrons. The summed E-state index contributed by atoms with van der Waals surface area (Å²) >= 11 is 0. The second-order valence-corrected chi connectivity index (χ2v) is 8.01. The van der Waals surface area contributed by atoms with Gasteiger partial charge in [-0.2, -0.15) is 13.2 Å². The minimum Gasteiger partial charge on any atom is -0.381 e. The van der Waals surface area contributed by atoms with E-state index in [1.165, 1.54) is 24.4 Å². The first kappa shape index (κ1) is 21.4. The molecule has 2 N–H and O–H groups in total. The molecule has 4 aromatic rings. The van der Waals surface area contributed by atoms with Crippen LogP contribution >= 0.6 is 0 Å². The number of nitrogens with one attached hydrogen (secondary N) is 2. The molecular weight excluding hydrogens is 438 g/mol. The Bertz CT molecular complexity index is 1330. The lowest BCUT2D eigenvalue weighted by Gasteiger charge is -2.22. The van der Waals surface area contributed by atoms with Crippen LogP contribution in [0.25, 0.3) is 22.6 Å². The molecule has 0 unspecified atom stereocenters. The Labute approximate surface area is 185 Å². The number of ketones is 1. The molecule has 0 saturated carbocycles. The number of imidazole rings is 1. The average molecular weight is 457 g/mol. The molecule has 0 atom stereocenters. The fraction of sp³-hybridized carbons (Fsp3) is 0.250. The lowest BCUT2D eigenvalue weighted by atomic mass is 9.91. The molecule has 0 aliphatic carbocycles. The molecule has 1 aliphatic heterocycles. The number of halogens is 4. The van der Waals surface area contributed by atoms with Crippen molar-refractivity contribution in [2.24, 2.45) is 0 Å². The number of H-pyrrole nitrogens is 2. The highest BCUT2D eigenvalue weighted by molar-refractivity contribution is 6.10. The predicted octanol–water partition coefficient (Wildman–Crippen LogP) is 5.84. The number of hydrogen-bond donors (Lipinski definition) is 2. The third kappa shape index (κ3) is 3.93. The van der Waals surface area contributed by atoms with Crippen molar-refractivity contribution in [2.45, 2.75) is 24.9 Å². The molecule has 2 aromatic carbocycles. The molecule has 2 aromatic heterocycles. The number of carbonyl (C=O) groups is 1. The van der Waals surface area contributed by atoms with E-state index < -0.39 is 28.9 Å². The SMILES string of the molecule is O=C(c1c[nH]c(-c2nc3c(F)c(C4CCOCC4)ccc3[nH]2)c1)c1ccccc1C(F)(F)F. The fourth-order valence-electron chi connectivity index (χ4n) is 4.26. The number of fused-ring (bicyclic) bond motifs is 1. The topological polar surface area (TPSA) is 70.8 Å². The maximum atomic E-state index is 15.2. The molecule has 1 fully saturated rings. The Kier molecular flexibility index (Phi) is 5.28. The highest BCUT2D eigenvalue weighted by Crippen LogP contribution is 2.34. The number of rotatable bonds is 4. The standard InChI is InChI=1S/C24H19F4N3O2/c25-20-15(13-7-9-33-10-8-13)5-6-18-21(20)31-23(30-18)19-11-14(12-29-19)22(32)16-3-1-2-4-17(16)24(26,27)28/h1-6,11-13,29H,7-10H2,(H,30,31). The third-order valence-electron chi connectivity index (χ3n) is 5.96. The molecule has 0 radical (unpaired) electrons. The van der Waals surface area contributed by atoms with Gasteiger partial charge in [-0.05, 0) is 42.5 Å². The first-order chi connectivity index (χ1) is 15.8. The van der Waals surface area contributed by atoms with Crippen LogP contribution in [0.3, 0.4) is 0 Å². The molecular formula is C24H19F4N3O2. The van der Waals surface area contributed by atoms with Crippen molar-refractivity contribution < 1.29 is 27.1 Å². The second kappa shape index (κ2) is 8.15. The van der Waals surface area contributed by atoms with Crippen LogP contribution in [0, 0.1) is 5.82 Å². The van der Waals surface area contributed by atoms with Gasteiger partial charge in [-0.1, -0.05) is 24.3 Å². The van der Waals surface area contributed by atoms with Gasteiger partial charge < -0.3 is 14.7 Å². The van der Waals surface area contributed by atoms with Gasteiger partial charge in [-0.15, -0.1) is 0 Å². The number of aromatic nitrogens is 3. The Morgan fingerprint density at radius 3 is 2.61 bits per heavy atom. The minimum atomic E-state index is -4.65. The van der Waals surface area contributed by atoms with Crippen LogP contribution in [0.2, 0.25) is 0 Å². The number of carbonyl (C=O) groups excluding carboxylic acids is 1. The fourth-order valence-corrected chi connectivity index (χ4v) is 4.26. The van der Waals surface area contributed by atoms with Crippen molar-refractivity contribution in [1.29, 1.82) is 0 Å². The number of hydrogen-bond acceptors (Lipinski definition) is 3. The maximum Gasteiger partial charge on any atom is 0.417 e. The largest absolute Gasteiger partial charge is 0.417 e. The van der Waals surface area contributed by atoms with Crippen LogP contribution < -0.4 is 0 Å². The Morgan fingerprint density at radius 2 is 1.85 bits per heavy atom. The van der Waals surface area contributed by atoms with Gasteiger partial charge in [0, 0.05) is 30.5 Å². The van der Waals surface area contributed by atoms with Gasteiger partial charge in [-0.3, -0.25) is 4.79 Å². The molecule has 33 heavy (non-hydrogen) atoms. The van der Waals surface area contributed by atoms with Crippen molar-refractivity contribution >= 4 is 16.8 Å². The van der Waals surface area contributed by atoms with E-state index in [4.69, 9.17) is 4.74 Å². The summed E-state index contributed by atoms with van der Waals surface area (Å²) in [7, 11) is 0. The van der Waals surface area contributed by atoms with Crippen LogP contribution in [0.1, 0.15) is 45.8 Å². The van der Waals surface area contributed by atoms with Crippen molar-refractivity contribution in [2.75, 3.05) is 13.2 Å². The van der Waals surface area contributed by atoms with Crippen molar-refractivity contribution in [3.8, 4) is 11.5 Å². The van der Waals surface area contributed by atoms with E-state index in [-0.39, 0.29) is 22.8 Å². The van der Waals surface area contributed by atoms with Gasteiger partial charge in [0.25, 0.3) is 0 Å². The first-order valence-electron chi connectivity index (χ1n) is 10.5. The van der Waals surface area contributed by atoms with E-state index in [0.717, 1.165) is 25.0 Å². The average Bonchev–Trinajstić information content (AvgIpc) is 3.47. The number of ether oxygens (including phenoxy) is 1. The molecule has 0 amide bonds. The van der Waals surface area contributed by atoms with Gasteiger partial charge in [0.1, 0.15) is 5.52 Å². The zero-order valence-electron chi connectivity index (χ0n) is 17.3. The number of nitrogens with zero attached hydrogens (tertiary/aromatic N) is 1. The van der Waals surface area contributed by atoms with Gasteiger partial charge in [0.2, 0.25) is 0 Å². The van der Waals surface area contributed by atoms with Crippen molar-refractivity contribution in [1.82, 2.24) is 15.0 Å². The minimum absolute atomic E-state index is 0.0468. The van der Waals surface area contributed by atoms with Crippen LogP contribution in [-0.2, 0) is 10.9 Å². The normalized spacial score (nSPS) is 15.3. The molecule has 3 heterocycles. The number of aromatic amines is 2. The van der Waals surface area contributed by atoms with Crippen LogP contribution in [0.15, 0.2) is 48.7 Å². The highest BCUT2D eigenvalue weighted by atomic mass is 19.4. The first-order valence-corrected chi connectivity index (χ1v) is 10.5. The Hall–Kier alpha value is -3.46. The smallest absolute Gasteiger partial charge is 0.381 e. The van der Waals surface area contributed by atoms with E-state index in [1.807, 2.05) is 0 Å². The van der Waals surface area contributed by atoms with Gasteiger partial charge in [0.15, 0.2) is 17.4 Å². The van der Waals surface area contributed by atoms with E-state index in [1.54, 1.807) is 12.1 Å². The van der Waals surface area contributed by atoms with E-state index in [2.05, 4.69) is 15.0 Å². The van der Waals surface area contributed by atoms with Gasteiger partial charge >= 0.3 is 6.18 Å². The molecule has 9 heteroatoms. The zero-order chi connectivity index (χ0) is 23.2. The summed E-state index contributed by atoms with van der Waals surface area (Å²) in [5, 5.41) is 0. The monoisotopic (exact) mass is 457 g/mol. The highest BCUT2D eigenvalue weighted by Gasteiger charge is 2.35. The summed E-state index contributed by atoms with van der Waals surface area (Å²) in [6.45, 7) is 1.18. The van der Waals surface area contributed by atoms with Crippen molar-refractivity contribution in [3.05, 3.63) is 76.7 Å². The molecule has 1 saturated heterocycles. The number of benzene rings is 2. The lowest BCUT2D eigenvalue weighted by Crippen LogP contribution is -2.15. The summed E-state index contributed by atoms with van der Waals surface area (Å²) in [4.78, 5) is 23.0. The zero-order valence-corrected chi connectivity index (χ0v) is 17.3. The Morgan fingerprint density at radius 1 is 1.09 bits per heavy atom. The van der Waals surface area contributed by atoms with Crippen LogP contribution in [0.5, 0.6) is 0 Å². The van der Waals surface area contributed by atoms with E-state index in [0.29, 0.717) is 30.0 Å².